The van der Waals surface area contributed by atoms with Gasteiger partial charge in [0.15, 0.2) is 5.96 Å². The number of hydrogen-bond acceptors (Lipinski definition) is 4. The van der Waals surface area contributed by atoms with E-state index in [1.54, 1.807) is 12.1 Å². The molecule has 1 fully saturated rings. The lowest BCUT2D eigenvalue weighted by molar-refractivity contribution is 0.0513. The number of halogens is 2. The third kappa shape index (κ3) is 4.10. The Kier molecular flexibility index (Phi) is 6.43. The minimum Gasteiger partial charge on any atom is -0.381 e. The maximum atomic E-state index is 13.2. The molecule has 4 nitrogen and oxygen atoms in total. The molecule has 1 aromatic rings. The Bertz CT molecular complexity index is 501. The van der Waals surface area contributed by atoms with Crippen molar-refractivity contribution in [3.63, 3.8) is 0 Å². The molecule has 0 radical (unpaired) electrons. The standard InChI is InChI=1S/C16H22FN3O.HI/c17-14-4-2-13(3-5-14)16(6-10-21-11-7-16)12-20-15-18-8-1-9-19-15;/h2-5H,1,6-12H2,(H2,18,19,20);1H. The number of guanidine groups is 1. The van der Waals surface area contributed by atoms with E-state index in [0.717, 1.165) is 58.1 Å². The molecular weight excluding hydrogens is 396 g/mol. The summed E-state index contributed by atoms with van der Waals surface area (Å²) < 4.78 is 18.7. The minimum atomic E-state index is -0.188. The molecule has 2 heterocycles. The molecule has 0 atom stereocenters. The average molecular weight is 419 g/mol. The van der Waals surface area contributed by atoms with Crippen molar-refractivity contribution < 1.29 is 9.13 Å². The maximum absolute atomic E-state index is 13.2. The van der Waals surface area contributed by atoms with E-state index in [-0.39, 0.29) is 35.2 Å². The predicted molar refractivity (Wildman–Crippen MR) is 96.5 cm³/mol. The number of rotatable bonds is 3. The van der Waals surface area contributed by atoms with E-state index in [1.807, 2.05) is 12.1 Å². The fraction of sp³-hybridized carbons (Fsp3) is 0.562. The lowest BCUT2D eigenvalue weighted by Crippen LogP contribution is -2.49. The molecule has 1 saturated heterocycles. The molecule has 0 spiro atoms. The summed E-state index contributed by atoms with van der Waals surface area (Å²) in [7, 11) is 0. The molecule has 122 valence electrons. The highest BCUT2D eigenvalue weighted by atomic mass is 127. The molecule has 22 heavy (non-hydrogen) atoms. The second-order valence-corrected chi connectivity index (χ2v) is 5.76. The minimum absolute atomic E-state index is 0. The van der Waals surface area contributed by atoms with Crippen LogP contribution in [0.2, 0.25) is 0 Å². The van der Waals surface area contributed by atoms with Crippen molar-refractivity contribution >= 4 is 29.9 Å². The van der Waals surface area contributed by atoms with Crippen molar-refractivity contribution in [1.29, 1.82) is 0 Å². The number of aliphatic imine (C=N–C) groups is 1. The van der Waals surface area contributed by atoms with Crippen LogP contribution in [0.3, 0.4) is 0 Å². The molecule has 0 aliphatic carbocycles. The van der Waals surface area contributed by atoms with E-state index in [4.69, 9.17) is 4.74 Å². The van der Waals surface area contributed by atoms with Crippen LogP contribution in [0, 0.1) is 5.82 Å². The Morgan fingerprint density at radius 2 is 1.95 bits per heavy atom. The molecule has 0 bridgehead atoms. The van der Waals surface area contributed by atoms with Gasteiger partial charge >= 0.3 is 0 Å². The molecule has 2 aliphatic rings. The lowest BCUT2D eigenvalue weighted by Gasteiger charge is -2.38. The Hall–Kier alpha value is -0.890. The van der Waals surface area contributed by atoms with Crippen molar-refractivity contribution in [3.05, 3.63) is 35.6 Å². The van der Waals surface area contributed by atoms with E-state index >= 15 is 0 Å². The zero-order valence-corrected chi connectivity index (χ0v) is 14.9. The second-order valence-electron chi connectivity index (χ2n) is 5.76. The molecule has 3 rings (SSSR count). The molecule has 0 unspecified atom stereocenters. The van der Waals surface area contributed by atoms with Gasteiger partial charge in [-0.25, -0.2) is 4.39 Å². The summed E-state index contributed by atoms with van der Waals surface area (Å²) >= 11 is 0. The van der Waals surface area contributed by atoms with Gasteiger partial charge in [0.05, 0.1) is 0 Å². The highest BCUT2D eigenvalue weighted by molar-refractivity contribution is 14.0. The van der Waals surface area contributed by atoms with Crippen molar-refractivity contribution in [3.8, 4) is 0 Å². The molecule has 6 heteroatoms. The number of hydrogen-bond donors (Lipinski definition) is 2. The summed E-state index contributed by atoms with van der Waals surface area (Å²) in [6.07, 6.45) is 2.97. The summed E-state index contributed by atoms with van der Waals surface area (Å²) in [5, 5.41) is 6.72. The van der Waals surface area contributed by atoms with Gasteiger partial charge in [-0.05, 0) is 37.0 Å². The van der Waals surface area contributed by atoms with Crippen LogP contribution in [0.5, 0.6) is 0 Å². The first kappa shape index (κ1) is 17.5. The van der Waals surface area contributed by atoms with Crippen LogP contribution in [0.4, 0.5) is 4.39 Å². The Labute approximate surface area is 147 Å². The smallest absolute Gasteiger partial charge is 0.191 e. The van der Waals surface area contributed by atoms with Crippen molar-refractivity contribution in [1.82, 2.24) is 10.6 Å². The van der Waals surface area contributed by atoms with Crippen LogP contribution in [-0.2, 0) is 10.2 Å². The lowest BCUT2D eigenvalue weighted by atomic mass is 9.74. The Morgan fingerprint density at radius 3 is 2.59 bits per heavy atom. The van der Waals surface area contributed by atoms with Crippen molar-refractivity contribution in [2.45, 2.75) is 24.7 Å². The van der Waals surface area contributed by atoms with Gasteiger partial charge in [0.2, 0.25) is 0 Å². The Morgan fingerprint density at radius 1 is 1.23 bits per heavy atom. The highest BCUT2D eigenvalue weighted by Gasteiger charge is 2.34. The van der Waals surface area contributed by atoms with E-state index in [0.29, 0.717) is 0 Å². The summed E-state index contributed by atoms with van der Waals surface area (Å²) in [6.45, 7) is 4.15. The topological polar surface area (TPSA) is 45.7 Å². The average Bonchev–Trinajstić information content (AvgIpc) is 2.55. The first-order valence-electron chi connectivity index (χ1n) is 7.65. The number of nitrogens with zero attached hydrogens (tertiary/aromatic N) is 1. The van der Waals surface area contributed by atoms with Gasteiger partial charge in [-0.2, -0.15) is 0 Å². The molecule has 2 aliphatic heterocycles. The van der Waals surface area contributed by atoms with Gasteiger partial charge in [0.25, 0.3) is 0 Å². The van der Waals surface area contributed by atoms with Crippen molar-refractivity contribution in [2.75, 3.05) is 32.8 Å². The van der Waals surface area contributed by atoms with Crippen LogP contribution in [0.25, 0.3) is 0 Å². The van der Waals surface area contributed by atoms with Gasteiger partial charge in [-0.3, -0.25) is 4.99 Å². The summed E-state index contributed by atoms with van der Waals surface area (Å²) in [4.78, 5) is 4.46. The van der Waals surface area contributed by atoms with E-state index < -0.39 is 0 Å². The molecule has 2 N–H and O–H groups in total. The Balaban J connectivity index is 0.00000176. The van der Waals surface area contributed by atoms with Crippen LogP contribution >= 0.6 is 24.0 Å². The fourth-order valence-corrected chi connectivity index (χ4v) is 3.04. The van der Waals surface area contributed by atoms with E-state index in [9.17, 15) is 4.39 Å². The zero-order valence-electron chi connectivity index (χ0n) is 12.6. The number of nitrogens with one attached hydrogen (secondary N) is 2. The first-order valence-corrected chi connectivity index (χ1v) is 7.65. The quantitative estimate of drug-likeness (QED) is 0.741. The molecule has 0 aromatic heterocycles. The molecule has 1 aromatic carbocycles. The van der Waals surface area contributed by atoms with Crippen LogP contribution in [0.1, 0.15) is 24.8 Å². The van der Waals surface area contributed by atoms with Gasteiger partial charge in [-0.15, -0.1) is 24.0 Å². The van der Waals surface area contributed by atoms with Crippen molar-refractivity contribution in [2.24, 2.45) is 4.99 Å². The summed E-state index contributed by atoms with van der Waals surface area (Å²) in [5.74, 6) is 0.696. The molecule has 0 amide bonds. The highest BCUT2D eigenvalue weighted by Crippen LogP contribution is 2.34. The number of ether oxygens (including phenoxy) is 1. The SMILES string of the molecule is Fc1ccc(C2(CNC3=NCCCN3)CCOCC2)cc1.I. The molecular formula is C16H23FIN3O. The number of benzene rings is 1. The predicted octanol–water partition coefficient (Wildman–Crippen LogP) is 2.43. The van der Waals surface area contributed by atoms with Gasteiger partial charge in [0, 0.05) is 38.3 Å². The zero-order chi connectivity index (χ0) is 14.5. The second kappa shape index (κ2) is 8.10. The molecule has 0 saturated carbocycles. The first-order chi connectivity index (χ1) is 10.3. The van der Waals surface area contributed by atoms with Gasteiger partial charge < -0.3 is 15.4 Å². The van der Waals surface area contributed by atoms with Crippen LogP contribution < -0.4 is 10.6 Å². The van der Waals surface area contributed by atoms with E-state index in [2.05, 4.69) is 15.6 Å². The largest absolute Gasteiger partial charge is 0.381 e. The third-order valence-corrected chi connectivity index (χ3v) is 4.40. The monoisotopic (exact) mass is 419 g/mol. The fourth-order valence-electron chi connectivity index (χ4n) is 3.04. The van der Waals surface area contributed by atoms with Crippen LogP contribution in [0.15, 0.2) is 29.3 Å². The van der Waals surface area contributed by atoms with Gasteiger partial charge in [0.1, 0.15) is 5.82 Å². The maximum Gasteiger partial charge on any atom is 0.191 e. The summed E-state index contributed by atoms with van der Waals surface area (Å²) in [6, 6.07) is 6.89. The van der Waals surface area contributed by atoms with Gasteiger partial charge in [-0.1, -0.05) is 12.1 Å². The van der Waals surface area contributed by atoms with E-state index in [1.165, 1.54) is 5.56 Å². The normalized spacial score (nSPS) is 20.3. The third-order valence-electron chi connectivity index (χ3n) is 4.40. The van der Waals surface area contributed by atoms with Crippen LogP contribution in [-0.4, -0.2) is 38.8 Å². The summed E-state index contributed by atoms with van der Waals surface area (Å²) in [5.41, 5.74) is 1.17.